The number of fused-ring (bicyclic) bond motifs is 1. The molecule has 0 saturated heterocycles. The van der Waals surface area contributed by atoms with Crippen molar-refractivity contribution < 1.29 is 13.2 Å². The summed E-state index contributed by atoms with van der Waals surface area (Å²) < 4.78 is 34.2. The molecule has 1 aromatic heterocycles. The Morgan fingerprint density at radius 2 is 1.53 bits per heavy atom. The number of nitrogens with zero attached hydrogens (tertiary/aromatic N) is 2. The van der Waals surface area contributed by atoms with E-state index in [2.05, 4.69) is 20.0 Å². The number of nitrogens with one attached hydrogen (secondary N) is 2. The van der Waals surface area contributed by atoms with Crippen LogP contribution in [-0.2, 0) is 10.0 Å². The molecule has 0 aliphatic carbocycles. The van der Waals surface area contributed by atoms with Gasteiger partial charge in [-0.2, -0.15) is 0 Å². The van der Waals surface area contributed by atoms with Crippen molar-refractivity contribution in [3.63, 3.8) is 0 Å². The fourth-order valence-electron chi connectivity index (χ4n) is 3.22. The first-order chi connectivity index (χ1) is 15.4. The molecule has 0 radical (unpaired) electrons. The quantitative estimate of drug-likeness (QED) is 0.404. The topological polar surface area (TPSA) is 93.2 Å². The number of ether oxygens (including phenoxy) is 1. The van der Waals surface area contributed by atoms with Gasteiger partial charge in [-0.3, -0.25) is 4.72 Å². The van der Waals surface area contributed by atoms with Gasteiger partial charge in [0.1, 0.15) is 5.75 Å². The molecule has 1 heterocycles. The van der Waals surface area contributed by atoms with Crippen molar-refractivity contribution in [3.8, 4) is 5.75 Å². The third-order valence-corrected chi connectivity index (χ3v) is 6.25. The summed E-state index contributed by atoms with van der Waals surface area (Å²) in [5, 5.41) is 3.25. The SMILES string of the molecule is CCOc1ccc(S(=O)(=O)Nc2nc3ccccc3nc2Nc2cc(C)ccc2C)cc1. The first-order valence-electron chi connectivity index (χ1n) is 10.2. The zero-order valence-corrected chi connectivity index (χ0v) is 18.9. The summed E-state index contributed by atoms with van der Waals surface area (Å²) >= 11 is 0. The largest absolute Gasteiger partial charge is 0.494 e. The molecule has 0 fully saturated rings. The van der Waals surface area contributed by atoms with Crippen molar-refractivity contribution >= 4 is 38.4 Å². The minimum Gasteiger partial charge on any atom is -0.494 e. The van der Waals surface area contributed by atoms with Gasteiger partial charge in [0, 0.05) is 5.69 Å². The minimum absolute atomic E-state index is 0.105. The predicted molar refractivity (Wildman–Crippen MR) is 127 cm³/mol. The molecular weight excluding hydrogens is 424 g/mol. The van der Waals surface area contributed by atoms with Crippen LogP contribution in [0.4, 0.5) is 17.3 Å². The molecule has 0 amide bonds. The van der Waals surface area contributed by atoms with Crippen LogP contribution in [0.5, 0.6) is 5.75 Å². The number of hydrogen-bond donors (Lipinski definition) is 2. The first-order valence-corrected chi connectivity index (χ1v) is 11.7. The van der Waals surface area contributed by atoms with Gasteiger partial charge in [0.25, 0.3) is 10.0 Å². The van der Waals surface area contributed by atoms with Crippen molar-refractivity contribution in [1.29, 1.82) is 0 Å². The van der Waals surface area contributed by atoms with Gasteiger partial charge >= 0.3 is 0 Å². The van der Waals surface area contributed by atoms with E-state index in [0.717, 1.165) is 16.8 Å². The maximum Gasteiger partial charge on any atom is 0.263 e. The number of sulfonamides is 1. The third-order valence-electron chi connectivity index (χ3n) is 4.89. The predicted octanol–water partition coefficient (Wildman–Crippen LogP) is 5.19. The number of hydrogen-bond acceptors (Lipinski definition) is 6. The van der Waals surface area contributed by atoms with Crippen molar-refractivity contribution in [2.24, 2.45) is 0 Å². The molecule has 0 aliphatic heterocycles. The van der Waals surface area contributed by atoms with Gasteiger partial charge in [0.05, 0.1) is 22.5 Å². The molecule has 0 saturated carbocycles. The summed E-state index contributed by atoms with van der Waals surface area (Å²) in [5.41, 5.74) is 4.15. The fraction of sp³-hybridized carbons (Fsp3) is 0.167. The summed E-state index contributed by atoms with van der Waals surface area (Å²) in [6, 6.07) is 19.6. The van der Waals surface area contributed by atoms with Gasteiger partial charge in [0.15, 0.2) is 11.6 Å². The van der Waals surface area contributed by atoms with Crippen molar-refractivity contribution in [2.75, 3.05) is 16.6 Å². The Balaban J connectivity index is 1.74. The normalized spacial score (nSPS) is 11.3. The molecular formula is C24H24N4O3S. The molecule has 0 aliphatic rings. The van der Waals surface area contributed by atoms with Crippen LogP contribution >= 0.6 is 0 Å². The summed E-state index contributed by atoms with van der Waals surface area (Å²) in [6.07, 6.45) is 0. The summed E-state index contributed by atoms with van der Waals surface area (Å²) in [4.78, 5) is 9.28. The number of aromatic nitrogens is 2. The van der Waals surface area contributed by atoms with E-state index in [1.54, 1.807) is 18.2 Å². The van der Waals surface area contributed by atoms with E-state index in [9.17, 15) is 8.42 Å². The second-order valence-corrected chi connectivity index (χ2v) is 9.05. The molecule has 0 bridgehead atoms. The zero-order chi connectivity index (χ0) is 22.7. The molecule has 3 aromatic carbocycles. The second-order valence-electron chi connectivity index (χ2n) is 7.36. The molecule has 164 valence electrons. The number of benzene rings is 3. The second kappa shape index (κ2) is 8.84. The average Bonchev–Trinajstić information content (AvgIpc) is 2.77. The highest BCUT2D eigenvalue weighted by Crippen LogP contribution is 2.29. The van der Waals surface area contributed by atoms with E-state index < -0.39 is 10.0 Å². The Morgan fingerprint density at radius 3 is 2.19 bits per heavy atom. The van der Waals surface area contributed by atoms with Crippen LogP contribution in [0.2, 0.25) is 0 Å². The molecule has 2 N–H and O–H groups in total. The van der Waals surface area contributed by atoms with Crippen LogP contribution in [0.1, 0.15) is 18.1 Å². The molecule has 4 aromatic rings. The molecule has 0 spiro atoms. The lowest BCUT2D eigenvalue weighted by molar-refractivity contribution is 0.340. The average molecular weight is 449 g/mol. The highest BCUT2D eigenvalue weighted by molar-refractivity contribution is 7.92. The van der Waals surface area contributed by atoms with Crippen molar-refractivity contribution in [1.82, 2.24) is 9.97 Å². The van der Waals surface area contributed by atoms with E-state index in [4.69, 9.17) is 4.74 Å². The number of rotatable bonds is 7. The molecule has 0 atom stereocenters. The van der Waals surface area contributed by atoms with Gasteiger partial charge in [-0.25, -0.2) is 18.4 Å². The Morgan fingerprint density at radius 1 is 0.875 bits per heavy atom. The molecule has 32 heavy (non-hydrogen) atoms. The van der Waals surface area contributed by atoms with E-state index in [-0.39, 0.29) is 10.7 Å². The Hall–Kier alpha value is -3.65. The summed E-state index contributed by atoms with van der Waals surface area (Å²) in [5.74, 6) is 1.06. The Labute approximate surface area is 187 Å². The molecule has 8 heteroatoms. The van der Waals surface area contributed by atoms with E-state index >= 15 is 0 Å². The molecule has 0 unspecified atom stereocenters. The van der Waals surface area contributed by atoms with Crippen LogP contribution in [0.15, 0.2) is 71.6 Å². The fourth-order valence-corrected chi connectivity index (χ4v) is 4.23. The Bertz CT molecular complexity index is 1370. The summed E-state index contributed by atoms with van der Waals surface area (Å²) in [6.45, 7) is 6.34. The van der Waals surface area contributed by atoms with E-state index in [0.29, 0.717) is 29.2 Å². The number of aryl methyl sites for hydroxylation is 2. The van der Waals surface area contributed by atoms with E-state index in [1.807, 2.05) is 57.2 Å². The number of para-hydroxylation sites is 2. The van der Waals surface area contributed by atoms with Gasteiger partial charge < -0.3 is 10.1 Å². The third kappa shape index (κ3) is 4.65. The van der Waals surface area contributed by atoms with Gasteiger partial charge in [-0.1, -0.05) is 24.3 Å². The van der Waals surface area contributed by atoms with Gasteiger partial charge in [-0.15, -0.1) is 0 Å². The standard InChI is InChI=1S/C24H24N4O3S/c1-4-31-18-11-13-19(14-12-18)32(29,30)28-24-23(25-20-7-5-6-8-21(20)26-24)27-22-15-16(2)9-10-17(22)3/h5-15H,4H2,1-3H3,(H,25,27)(H,26,28). The van der Waals surface area contributed by atoms with Crippen LogP contribution in [0.25, 0.3) is 11.0 Å². The summed E-state index contributed by atoms with van der Waals surface area (Å²) in [7, 11) is -3.89. The van der Waals surface area contributed by atoms with Crippen LogP contribution in [-0.4, -0.2) is 25.0 Å². The van der Waals surface area contributed by atoms with E-state index in [1.165, 1.54) is 12.1 Å². The van der Waals surface area contributed by atoms with Crippen LogP contribution in [0.3, 0.4) is 0 Å². The monoisotopic (exact) mass is 448 g/mol. The lowest BCUT2D eigenvalue weighted by Gasteiger charge is -2.15. The molecule has 7 nitrogen and oxygen atoms in total. The first kappa shape index (κ1) is 21.6. The van der Waals surface area contributed by atoms with Crippen molar-refractivity contribution in [2.45, 2.75) is 25.7 Å². The van der Waals surface area contributed by atoms with Gasteiger partial charge in [-0.05, 0) is 74.4 Å². The lowest BCUT2D eigenvalue weighted by Crippen LogP contribution is -2.16. The minimum atomic E-state index is -3.89. The maximum absolute atomic E-state index is 13.1. The highest BCUT2D eigenvalue weighted by Gasteiger charge is 2.19. The lowest BCUT2D eigenvalue weighted by atomic mass is 10.1. The molecule has 4 rings (SSSR count). The number of anilines is 3. The highest BCUT2D eigenvalue weighted by atomic mass is 32.2. The maximum atomic E-state index is 13.1. The van der Waals surface area contributed by atoms with Crippen LogP contribution in [0, 0.1) is 13.8 Å². The smallest absolute Gasteiger partial charge is 0.263 e. The van der Waals surface area contributed by atoms with Gasteiger partial charge in [0.2, 0.25) is 0 Å². The zero-order valence-electron chi connectivity index (χ0n) is 18.1. The van der Waals surface area contributed by atoms with Crippen molar-refractivity contribution in [3.05, 3.63) is 77.9 Å². The van der Waals surface area contributed by atoms with Crippen LogP contribution < -0.4 is 14.8 Å². The Kier molecular flexibility index (Phi) is 5.96.